The second kappa shape index (κ2) is 4.67. The van der Waals surface area contributed by atoms with Crippen LogP contribution in [0, 0.1) is 6.92 Å². The summed E-state index contributed by atoms with van der Waals surface area (Å²) in [5.41, 5.74) is 7.73. The third-order valence-corrected chi connectivity index (χ3v) is 2.72. The molecular weight excluding hydrogens is 212 g/mol. The van der Waals surface area contributed by atoms with Gasteiger partial charge in [-0.25, -0.2) is 9.67 Å². The molecule has 0 aliphatic rings. The second-order valence-corrected chi connectivity index (χ2v) is 4.45. The smallest absolute Gasteiger partial charge is 0.153 e. The number of nitrogens with two attached hydrogens (primary N) is 1. The first kappa shape index (κ1) is 11.8. The van der Waals surface area contributed by atoms with Gasteiger partial charge in [0.05, 0.1) is 5.69 Å². The van der Waals surface area contributed by atoms with Crippen LogP contribution in [0.25, 0.3) is 5.69 Å². The molecule has 1 aromatic heterocycles. The Hall–Kier alpha value is -1.68. The average Bonchev–Trinajstić information content (AvgIpc) is 2.72. The molecule has 0 aliphatic carbocycles. The van der Waals surface area contributed by atoms with Gasteiger partial charge >= 0.3 is 0 Å². The van der Waals surface area contributed by atoms with Crippen LogP contribution in [0.2, 0.25) is 0 Å². The second-order valence-electron chi connectivity index (χ2n) is 4.45. The summed E-state index contributed by atoms with van der Waals surface area (Å²) in [6.07, 6.45) is 0. The number of benzene rings is 1. The quantitative estimate of drug-likeness (QED) is 0.879. The summed E-state index contributed by atoms with van der Waals surface area (Å²) in [6, 6.07) is 8.08. The Morgan fingerprint density at radius 1 is 1.24 bits per heavy atom. The standard InChI is InChI=1S/C13H18N4/c1-9(2)13-15-10(3)17(16-13)12-6-4-11(8-14)5-7-12/h4-7,9H,8,14H2,1-3H3. The van der Waals surface area contributed by atoms with E-state index in [0.29, 0.717) is 12.5 Å². The summed E-state index contributed by atoms with van der Waals surface area (Å²) in [4.78, 5) is 4.46. The molecule has 1 aromatic carbocycles. The monoisotopic (exact) mass is 230 g/mol. The molecule has 0 bridgehead atoms. The Morgan fingerprint density at radius 3 is 2.35 bits per heavy atom. The molecule has 0 radical (unpaired) electrons. The highest BCUT2D eigenvalue weighted by atomic mass is 15.3. The molecule has 0 saturated heterocycles. The first-order valence-electron chi connectivity index (χ1n) is 5.84. The van der Waals surface area contributed by atoms with E-state index in [1.165, 1.54) is 0 Å². The Labute approximate surface area is 101 Å². The molecule has 0 spiro atoms. The predicted octanol–water partition coefficient (Wildman–Crippen LogP) is 2.16. The summed E-state index contributed by atoms with van der Waals surface area (Å²) < 4.78 is 1.87. The molecule has 2 aromatic rings. The van der Waals surface area contributed by atoms with Gasteiger partial charge in [0.1, 0.15) is 5.82 Å². The van der Waals surface area contributed by atoms with Gasteiger partial charge in [0.15, 0.2) is 5.82 Å². The number of hydrogen-bond donors (Lipinski definition) is 1. The molecule has 0 atom stereocenters. The molecule has 17 heavy (non-hydrogen) atoms. The van der Waals surface area contributed by atoms with Crippen molar-refractivity contribution < 1.29 is 0 Å². The van der Waals surface area contributed by atoms with Gasteiger partial charge in [-0.05, 0) is 24.6 Å². The fraction of sp³-hybridized carbons (Fsp3) is 0.385. The van der Waals surface area contributed by atoms with Gasteiger partial charge < -0.3 is 5.73 Å². The van der Waals surface area contributed by atoms with Crippen molar-refractivity contribution >= 4 is 0 Å². The number of aryl methyl sites for hydroxylation is 1. The third-order valence-electron chi connectivity index (χ3n) is 2.72. The van der Waals surface area contributed by atoms with Gasteiger partial charge in [-0.2, -0.15) is 5.10 Å². The molecule has 2 rings (SSSR count). The van der Waals surface area contributed by atoms with Crippen LogP contribution in [0.5, 0.6) is 0 Å². The van der Waals surface area contributed by atoms with Crippen molar-refractivity contribution in [3.8, 4) is 5.69 Å². The molecule has 0 fully saturated rings. The third kappa shape index (κ3) is 2.36. The average molecular weight is 230 g/mol. The zero-order chi connectivity index (χ0) is 12.4. The largest absolute Gasteiger partial charge is 0.326 e. The molecule has 0 saturated carbocycles. The number of hydrogen-bond acceptors (Lipinski definition) is 3. The molecule has 2 N–H and O–H groups in total. The highest BCUT2D eigenvalue weighted by molar-refractivity contribution is 5.34. The van der Waals surface area contributed by atoms with Crippen LogP contribution in [0.15, 0.2) is 24.3 Å². The summed E-state index contributed by atoms with van der Waals surface area (Å²) in [5.74, 6) is 2.14. The number of rotatable bonds is 3. The Balaban J connectivity index is 2.38. The van der Waals surface area contributed by atoms with Crippen LogP contribution in [-0.4, -0.2) is 14.8 Å². The lowest BCUT2D eigenvalue weighted by Crippen LogP contribution is -2.01. The van der Waals surface area contributed by atoms with Crippen LogP contribution in [-0.2, 0) is 6.54 Å². The lowest BCUT2D eigenvalue weighted by atomic mass is 10.2. The minimum atomic E-state index is 0.346. The van der Waals surface area contributed by atoms with Crippen molar-refractivity contribution in [3.05, 3.63) is 41.5 Å². The summed E-state index contributed by atoms with van der Waals surface area (Å²) in [5, 5.41) is 4.51. The van der Waals surface area contributed by atoms with Crippen LogP contribution in [0.3, 0.4) is 0 Å². The fourth-order valence-corrected chi connectivity index (χ4v) is 1.67. The van der Waals surface area contributed by atoms with Crippen molar-refractivity contribution in [2.24, 2.45) is 5.73 Å². The van der Waals surface area contributed by atoms with Crippen molar-refractivity contribution in [1.82, 2.24) is 14.8 Å². The van der Waals surface area contributed by atoms with Gasteiger partial charge in [0, 0.05) is 12.5 Å². The molecule has 4 heteroatoms. The van der Waals surface area contributed by atoms with Gasteiger partial charge in [-0.1, -0.05) is 26.0 Å². The lowest BCUT2D eigenvalue weighted by molar-refractivity contribution is 0.751. The van der Waals surface area contributed by atoms with Crippen LogP contribution in [0.4, 0.5) is 0 Å². The lowest BCUT2D eigenvalue weighted by Gasteiger charge is -2.04. The van der Waals surface area contributed by atoms with Gasteiger partial charge in [0.25, 0.3) is 0 Å². The van der Waals surface area contributed by atoms with E-state index in [1.807, 2.05) is 35.9 Å². The zero-order valence-corrected chi connectivity index (χ0v) is 10.5. The molecule has 1 heterocycles. The fourth-order valence-electron chi connectivity index (χ4n) is 1.67. The van der Waals surface area contributed by atoms with Gasteiger partial charge in [-0.3, -0.25) is 0 Å². The maximum atomic E-state index is 5.58. The van der Waals surface area contributed by atoms with Crippen LogP contribution >= 0.6 is 0 Å². The van der Waals surface area contributed by atoms with E-state index in [-0.39, 0.29) is 0 Å². The van der Waals surface area contributed by atoms with Crippen molar-refractivity contribution in [3.63, 3.8) is 0 Å². The SMILES string of the molecule is Cc1nc(C(C)C)nn1-c1ccc(CN)cc1. The van der Waals surface area contributed by atoms with E-state index in [2.05, 4.69) is 23.9 Å². The van der Waals surface area contributed by atoms with E-state index in [9.17, 15) is 0 Å². The topological polar surface area (TPSA) is 56.7 Å². The Bertz CT molecular complexity index is 497. The molecule has 90 valence electrons. The maximum absolute atomic E-state index is 5.58. The summed E-state index contributed by atoms with van der Waals surface area (Å²) in [7, 11) is 0. The maximum Gasteiger partial charge on any atom is 0.153 e. The van der Waals surface area contributed by atoms with E-state index in [0.717, 1.165) is 22.9 Å². The van der Waals surface area contributed by atoms with Crippen molar-refractivity contribution in [2.45, 2.75) is 33.2 Å². The highest BCUT2D eigenvalue weighted by Gasteiger charge is 2.10. The summed E-state index contributed by atoms with van der Waals surface area (Å²) >= 11 is 0. The Morgan fingerprint density at radius 2 is 1.88 bits per heavy atom. The minimum absolute atomic E-state index is 0.346. The van der Waals surface area contributed by atoms with E-state index >= 15 is 0 Å². The van der Waals surface area contributed by atoms with Gasteiger partial charge in [-0.15, -0.1) is 0 Å². The molecule has 0 unspecified atom stereocenters. The van der Waals surface area contributed by atoms with Gasteiger partial charge in [0.2, 0.25) is 0 Å². The van der Waals surface area contributed by atoms with Crippen LogP contribution < -0.4 is 5.73 Å². The molecule has 4 nitrogen and oxygen atoms in total. The minimum Gasteiger partial charge on any atom is -0.326 e. The Kier molecular flexibility index (Phi) is 3.24. The summed E-state index contributed by atoms with van der Waals surface area (Å²) in [6.45, 7) is 6.72. The highest BCUT2D eigenvalue weighted by Crippen LogP contribution is 2.14. The predicted molar refractivity (Wildman–Crippen MR) is 68.1 cm³/mol. The molecule has 0 amide bonds. The first-order chi connectivity index (χ1) is 8.11. The zero-order valence-electron chi connectivity index (χ0n) is 10.5. The molecule has 0 aliphatic heterocycles. The van der Waals surface area contributed by atoms with Crippen molar-refractivity contribution in [2.75, 3.05) is 0 Å². The number of nitrogens with zero attached hydrogens (tertiary/aromatic N) is 3. The normalized spacial score (nSPS) is 11.1. The van der Waals surface area contributed by atoms with E-state index in [1.54, 1.807) is 0 Å². The first-order valence-corrected chi connectivity index (χ1v) is 5.84. The van der Waals surface area contributed by atoms with E-state index < -0.39 is 0 Å². The van der Waals surface area contributed by atoms with E-state index in [4.69, 9.17) is 5.73 Å². The number of aromatic nitrogens is 3. The van der Waals surface area contributed by atoms with Crippen LogP contribution in [0.1, 0.15) is 37.0 Å². The van der Waals surface area contributed by atoms with Crippen molar-refractivity contribution in [1.29, 1.82) is 0 Å². The molecular formula is C13H18N4.